The van der Waals surface area contributed by atoms with E-state index in [1.54, 1.807) is 0 Å². The van der Waals surface area contributed by atoms with Crippen LogP contribution in [0.5, 0.6) is 0 Å². The van der Waals surface area contributed by atoms with Gasteiger partial charge in [-0.15, -0.1) is 0 Å². The SMILES string of the molecule is CC/C=C\C/C=C\C/C=C\C/C=C\C/C=C\C/C=C\CCCCCOCC(COC1OC(COC2OC(CO)C(O)C(O)C2O)C(O)C(O)C1O)OC(=O)CCCCCCC/C=C\C/C=C\C/C=C\C/C=C\C/C=C\CC. The van der Waals surface area contributed by atoms with Crippen LogP contribution < -0.4 is 0 Å². The third-order valence-corrected chi connectivity index (χ3v) is 12.7. The molecule has 0 radical (unpaired) electrons. The first kappa shape index (κ1) is 69.2. The highest BCUT2D eigenvalue weighted by atomic mass is 16.7. The van der Waals surface area contributed by atoms with E-state index in [1.165, 1.54) is 0 Å². The van der Waals surface area contributed by atoms with Crippen molar-refractivity contribution >= 4 is 5.97 Å². The third kappa shape index (κ3) is 34.7. The van der Waals surface area contributed by atoms with E-state index in [0.717, 1.165) is 128 Å². The molecular formula is C63H100O14. The van der Waals surface area contributed by atoms with Gasteiger partial charge in [0, 0.05) is 13.0 Å². The van der Waals surface area contributed by atoms with Gasteiger partial charge >= 0.3 is 5.97 Å². The topological polar surface area (TPSA) is 214 Å². The van der Waals surface area contributed by atoms with E-state index in [9.17, 15) is 40.5 Å². The van der Waals surface area contributed by atoms with Gasteiger partial charge in [-0.05, 0) is 109 Å². The molecule has 0 aromatic rings. The maximum Gasteiger partial charge on any atom is 0.306 e. The van der Waals surface area contributed by atoms with Crippen LogP contribution in [0.3, 0.4) is 0 Å². The number of aliphatic hydroxyl groups is 7. The number of hydrogen-bond donors (Lipinski definition) is 7. The lowest BCUT2D eigenvalue weighted by Gasteiger charge is -2.42. The van der Waals surface area contributed by atoms with Crippen molar-refractivity contribution in [3.05, 3.63) is 134 Å². The largest absolute Gasteiger partial charge is 0.457 e. The van der Waals surface area contributed by atoms with Gasteiger partial charge in [0.2, 0.25) is 0 Å². The Hall–Kier alpha value is -3.87. The van der Waals surface area contributed by atoms with Crippen molar-refractivity contribution in [2.24, 2.45) is 0 Å². The molecular weight excluding hydrogens is 981 g/mol. The van der Waals surface area contributed by atoms with Crippen molar-refractivity contribution in [2.45, 2.75) is 223 Å². The lowest BCUT2D eigenvalue weighted by molar-refractivity contribution is -0.332. The molecule has 2 aliphatic heterocycles. The molecule has 14 nitrogen and oxygen atoms in total. The molecule has 0 aliphatic carbocycles. The second kappa shape index (κ2) is 48.1. The molecule has 0 spiro atoms. The molecule has 0 amide bonds. The van der Waals surface area contributed by atoms with E-state index in [1.807, 2.05) is 0 Å². The molecule has 436 valence electrons. The fourth-order valence-corrected chi connectivity index (χ4v) is 8.08. The van der Waals surface area contributed by atoms with E-state index in [2.05, 4.69) is 148 Å². The van der Waals surface area contributed by atoms with E-state index >= 15 is 0 Å². The number of rotatable bonds is 44. The minimum atomic E-state index is -1.73. The molecule has 0 aromatic heterocycles. The van der Waals surface area contributed by atoms with Crippen molar-refractivity contribution in [1.29, 1.82) is 0 Å². The van der Waals surface area contributed by atoms with Crippen LogP contribution in [0, 0.1) is 0 Å². The van der Waals surface area contributed by atoms with Gasteiger partial charge in [0.25, 0.3) is 0 Å². The zero-order valence-electron chi connectivity index (χ0n) is 46.6. The molecule has 2 saturated heterocycles. The quantitative estimate of drug-likeness (QED) is 0.0172. The fraction of sp³-hybridized carbons (Fsp3) is 0.635. The normalized spacial score (nSPS) is 25.3. The van der Waals surface area contributed by atoms with E-state index in [4.69, 9.17) is 28.4 Å². The maximum absolute atomic E-state index is 13.1. The van der Waals surface area contributed by atoms with E-state index in [0.29, 0.717) is 13.0 Å². The molecule has 2 rings (SSSR count). The summed E-state index contributed by atoms with van der Waals surface area (Å²) in [5.74, 6) is -0.413. The highest BCUT2D eigenvalue weighted by molar-refractivity contribution is 5.69. The summed E-state index contributed by atoms with van der Waals surface area (Å²) in [7, 11) is 0. The number of carbonyl (C=O) groups excluding carboxylic acids is 1. The Morgan fingerprint density at radius 3 is 1.26 bits per heavy atom. The summed E-state index contributed by atoms with van der Waals surface area (Å²) in [6, 6.07) is 0. The summed E-state index contributed by atoms with van der Waals surface area (Å²) in [5.41, 5.74) is 0. The molecule has 11 atom stereocenters. The molecule has 2 fully saturated rings. The summed E-state index contributed by atoms with van der Waals surface area (Å²) in [6.45, 7) is 3.32. The van der Waals surface area contributed by atoms with E-state index in [-0.39, 0.29) is 19.6 Å². The van der Waals surface area contributed by atoms with Crippen molar-refractivity contribution in [2.75, 3.05) is 33.0 Å². The minimum absolute atomic E-state index is 0.0202. The second-order valence-electron chi connectivity index (χ2n) is 19.3. The number of esters is 1. The van der Waals surface area contributed by atoms with Crippen LogP contribution in [0.15, 0.2) is 134 Å². The number of unbranched alkanes of at least 4 members (excludes halogenated alkanes) is 8. The Bertz CT molecular complexity index is 1780. The van der Waals surface area contributed by atoms with Crippen molar-refractivity contribution in [1.82, 2.24) is 0 Å². The average Bonchev–Trinajstić information content (AvgIpc) is 3.43. The van der Waals surface area contributed by atoms with Gasteiger partial charge in [0.05, 0.1) is 26.4 Å². The first-order chi connectivity index (χ1) is 37.6. The van der Waals surface area contributed by atoms with Crippen LogP contribution in [0.25, 0.3) is 0 Å². The predicted molar refractivity (Wildman–Crippen MR) is 307 cm³/mol. The lowest BCUT2D eigenvalue weighted by Crippen LogP contribution is -2.61. The Morgan fingerprint density at radius 1 is 0.429 bits per heavy atom. The van der Waals surface area contributed by atoms with Crippen molar-refractivity contribution in [3.8, 4) is 0 Å². The Balaban J connectivity index is 1.76. The van der Waals surface area contributed by atoms with Gasteiger partial charge in [-0.3, -0.25) is 4.79 Å². The molecule has 7 N–H and O–H groups in total. The summed E-state index contributed by atoms with van der Waals surface area (Å²) >= 11 is 0. The summed E-state index contributed by atoms with van der Waals surface area (Å²) in [5, 5.41) is 72.4. The highest BCUT2D eigenvalue weighted by Gasteiger charge is 2.47. The van der Waals surface area contributed by atoms with Crippen LogP contribution in [0.1, 0.15) is 155 Å². The summed E-state index contributed by atoms with van der Waals surface area (Å²) in [4.78, 5) is 13.1. The first-order valence-electron chi connectivity index (χ1n) is 28.8. The molecule has 14 heteroatoms. The standard InChI is InChI=1S/C63H100O14/c1-3-5-7-9-11-13-15-17-19-21-23-25-27-29-31-33-35-37-39-41-43-45-47-72-49-52(50-73-62-61(71)59(69)57(67)54(77-62)51-74-63-60(70)58(68)56(66)53(48-64)76-63)75-55(65)46-44-42-40-38-36-34-32-30-28-26-24-22-20-18-16-14-12-10-8-6-4-2/h5-8,11-14,17-20,23-26,29-32,35,37,52-54,56-64,66-71H,3-4,9-10,15-16,21-22,27-28,33-34,36,38-51H2,1-2H3/b7-5-,8-6-,13-11-,14-12-,19-17-,20-18-,25-23-,26-24-,31-29-,32-30-,37-35-. The monoisotopic (exact) mass is 1080 g/mol. The Kier molecular flexibility index (Phi) is 43.2. The number of hydrogen-bond acceptors (Lipinski definition) is 14. The second-order valence-corrected chi connectivity index (χ2v) is 19.3. The van der Waals surface area contributed by atoms with Crippen LogP contribution in [0.2, 0.25) is 0 Å². The summed E-state index contributed by atoms with van der Waals surface area (Å²) in [6.07, 6.45) is 52.2. The first-order valence-corrected chi connectivity index (χ1v) is 28.8. The molecule has 0 saturated carbocycles. The third-order valence-electron chi connectivity index (χ3n) is 12.7. The predicted octanol–water partition coefficient (Wildman–Crippen LogP) is 10.3. The van der Waals surface area contributed by atoms with Crippen LogP contribution >= 0.6 is 0 Å². The van der Waals surface area contributed by atoms with Gasteiger partial charge < -0.3 is 64.2 Å². The maximum atomic E-state index is 13.1. The molecule has 0 aromatic carbocycles. The van der Waals surface area contributed by atoms with Crippen molar-refractivity contribution in [3.63, 3.8) is 0 Å². The fourth-order valence-electron chi connectivity index (χ4n) is 8.08. The van der Waals surface area contributed by atoms with Gasteiger partial charge in [-0.1, -0.05) is 173 Å². The lowest BCUT2D eigenvalue weighted by atomic mass is 9.98. The molecule has 2 heterocycles. The minimum Gasteiger partial charge on any atom is -0.457 e. The molecule has 2 aliphatic rings. The van der Waals surface area contributed by atoms with Crippen LogP contribution in [-0.2, 0) is 33.2 Å². The number of allylic oxidation sites excluding steroid dienone is 22. The average molecular weight is 1080 g/mol. The summed E-state index contributed by atoms with van der Waals surface area (Å²) < 4.78 is 34.3. The Morgan fingerprint density at radius 2 is 0.805 bits per heavy atom. The molecule has 11 unspecified atom stereocenters. The molecule has 77 heavy (non-hydrogen) atoms. The molecule has 0 bridgehead atoms. The highest BCUT2D eigenvalue weighted by Crippen LogP contribution is 2.26. The van der Waals surface area contributed by atoms with Gasteiger partial charge in [0.15, 0.2) is 12.6 Å². The number of carbonyl (C=O) groups is 1. The van der Waals surface area contributed by atoms with Gasteiger partial charge in [0.1, 0.15) is 54.9 Å². The van der Waals surface area contributed by atoms with Crippen LogP contribution in [0.4, 0.5) is 0 Å². The smallest absolute Gasteiger partial charge is 0.306 e. The number of aliphatic hydroxyl groups excluding tert-OH is 7. The van der Waals surface area contributed by atoms with Crippen molar-refractivity contribution < 1.29 is 69.0 Å². The van der Waals surface area contributed by atoms with E-state index < -0.39 is 86.7 Å². The zero-order chi connectivity index (χ0) is 55.8. The van der Waals surface area contributed by atoms with Gasteiger partial charge in [-0.25, -0.2) is 0 Å². The number of ether oxygens (including phenoxy) is 6. The Labute approximate surface area is 462 Å². The van der Waals surface area contributed by atoms with Crippen LogP contribution in [-0.4, -0.2) is 142 Å². The van der Waals surface area contributed by atoms with Gasteiger partial charge in [-0.2, -0.15) is 0 Å². The zero-order valence-corrected chi connectivity index (χ0v) is 46.6.